The average molecular weight is 446 g/mol. The SMILES string of the molecule is CC(C)C(NC(=O)C(N)CCC(N)=O)C(=O)NC(CC(N)=O)C(=O)NC(CO)C(=O)O. The standard InChI is InChI=1S/C17H30N6O8/c1-7(2)13(23-14(27)8(18)3-4-11(19)25)16(29)21-9(5-12(20)26)15(28)22-10(6-24)17(30)31/h7-10,13,24H,3-6,18H2,1-2H3,(H2,19,25)(H2,20,26)(H,21,29)(H,22,28)(H,23,27)(H,30,31). The lowest BCUT2D eigenvalue weighted by atomic mass is 10.0. The van der Waals surface area contributed by atoms with E-state index in [4.69, 9.17) is 27.4 Å². The third-order valence-electron chi connectivity index (χ3n) is 4.12. The molecule has 0 saturated heterocycles. The van der Waals surface area contributed by atoms with Crippen LogP contribution in [0.3, 0.4) is 0 Å². The van der Waals surface area contributed by atoms with Crippen molar-refractivity contribution >= 4 is 35.5 Å². The maximum absolute atomic E-state index is 12.7. The molecule has 5 amide bonds. The quantitative estimate of drug-likeness (QED) is 0.128. The third-order valence-corrected chi connectivity index (χ3v) is 4.12. The average Bonchev–Trinajstić information content (AvgIpc) is 2.66. The smallest absolute Gasteiger partial charge is 0.328 e. The number of nitrogens with one attached hydrogen (secondary N) is 3. The minimum Gasteiger partial charge on any atom is -0.480 e. The third kappa shape index (κ3) is 10.4. The first kappa shape index (κ1) is 27.7. The zero-order valence-corrected chi connectivity index (χ0v) is 17.3. The molecule has 14 heteroatoms. The first-order valence-corrected chi connectivity index (χ1v) is 9.37. The highest BCUT2D eigenvalue weighted by Crippen LogP contribution is 2.05. The number of hydrogen-bond donors (Lipinski definition) is 8. The molecule has 0 aliphatic carbocycles. The monoisotopic (exact) mass is 446 g/mol. The molecule has 0 fully saturated rings. The molecule has 0 aromatic rings. The van der Waals surface area contributed by atoms with Crippen LogP contribution in [-0.4, -0.2) is 76.5 Å². The van der Waals surface area contributed by atoms with Crippen molar-refractivity contribution in [2.75, 3.05) is 6.61 Å². The second-order valence-corrected chi connectivity index (χ2v) is 7.16. The second kappa shape index (κ2) is 13.1. The first-order valence-electron chi connectivity index (χ1n) is 9.37. The number of amides is 5. The molecule has 0 spiro atoms. The summed E-state index contributed by atoms with van der Waals surface area (Å²) in [5.74, 6) is -6.29. The molecule has 14 nitrogen and oxygen atoms in total. The molecule has 11 N–H and O–H groups in total. The molecular formula is C17H30N6O8. The van der Waals surface area contributed by atoms with Crippen molar-refractivity contribution in [1.82, 2.24) is 16.0 Å². The molecule has 4 atom stereocenters. The lowest BCUT2D eigenvalue weighted by Gasteiger charge is -2.26. The van der Waals surface area contributed by atoms with Gasteiger partial charge in [0, 0.05) is 6.42 Å². The zero-order valence-electron chi connectivity index (χ0n) is 17.3. The van der Waals surface area contributed by atoms with Crippen molar-refractivity contribution in [3.63, 3.8) is 0 Å². The van der Waals surface area contributed by atoms with Gasteiger partial charge in [-0.1, -0.05) is 13.8 Å². The number of carbonyl (C=O) groups is 6. The summed E-state index contributed by atoms with van der Waals surface area (Å²) in [7, 11) is 0. The van der Waals surface area contributed by atoms with Gasteiger partial charge in [0.25, 0.3) is 0 Å². The van der Waals surface area contributed by atoms with Crippen LogP contribution in [0.5, 0.6) is 0 Å². The number of aliphatic hydroxyl groups is 1. The van der Waals surface area contributed by atoms with E-state index in [0.29, 0.717) is 0 Å². The van der Waals surface area contributed by atoms with Crippen molar-refractivity contribution in [2.24, 2.45) is 23.1 Å². The van der Waals surface area contributed by atoms with Crippen LogP contribution in [0.4, 0.5) is 0 Å². The lowest BCUT2D eigenvalue weighted by molar-refractivity contribution is -0.143. The van der Waals surface area contributed by atoms with Gasteiger partial charge in [-0.2, -0.15) is 0 Å². The molecule has 0 heterocycles. The normalized spacial score (nSPS) is 14.6. The fourth-order valence-corrected chi connectivity index (χ4v) is 2.35. The van der Waals surface area contributed by atoms with Gasteiger partial charge in [0.05, 0.1) is 19.1 Å². The molecule has 0 aliphatic heterocycles. The van der Waals surface area contributed by atoms with Gasteiger partial charge in [-0.15, -0.1) is 0 Å². The topological polar surface area (TPSA) is 257 Å². The molecule has 0 aromatic heterocycles. The Kier molecular flexibility index (Phi) is 11.7. The number of carboxylic acids is 1. The summed E-state index contributed by atoms with van der Waals surface area (Å²) < 4.78 is 0. The summed E-state index contributed by atoms with van der Waals surface area (Å²) in [5.41, 5.74) is 15.8. The van der Waals surface area contributed by atoms with Crippen LogP contribution in [0, 0.1) is 5.92 Å². The highest BCUT2D eigenvalue weighted by Gasteiger charge is 2.32. The Labute approximate surface area is 178 Å². The molecule has 31 heavy (non-hydrogen) atoms. The van der Waals surface area contributed by atoms with Crippen LogP contribution in [0.2, 0.25) is 0 Å². The van der Waals surface area contributed by atoms with E-state index in [2.05, 4.69) is 10.6 Å². The van der Waals surface area contributed by atoms with Crippen LogP contribution >= 0.6 is 0 Å². The number of hydrogen-bond acceptors (Lipinski definition) is 8. The van der Waals surface area contributed by atoms with Crippen molar-refractivity contribution in [3.05, 3.63) is 0 Å². The molecule has 0 rings (SSSR count). The van der Waals surface area contributed by atoms with Crippen molar-refractivity contribution in [3.8, 4) is 0 Å². The Morgan fingerprint density at radius 2 is 1.39 bits per heavy atom. The van der Waals surface area contributed by atoms with E-state index in [1.54, 1.807) is 13.8 Å². The van der Waals surface area contributed by atoms with Gasteiger partial charge < -0.3 is 43.4 Å². The van der Waals surface area contributed by atoms with Gasteiger partial charge in [0.1, 0.15) is 18.1 Å². The highest BCUT2D eigenvalue weighted by atomic mass is 16.4. The van der Waals surface area contributed by atoms with Crippen molar-refractivity contribution in [2.45, 2.75) is 57.3 Å². The van der Waals surface area contributed by atoms with E-state index in [1.807, 2.05) is 5.32 Å². The number of nitrogens with two attached hydrogens (primary N) is 3. The molecular weight excluding hydrogens is 416 g/mol. The Balaban J connectivity index is 5.33. The van der Waals surface area contributed by atoms with Crippen LogP contribution in [0.25, 0.3) is 0 Å². The van der Waals surface area contributed by atoms with Gasteiger partial charge in [-0.05, 0) is 12.3 Å². The van der Waals surface area contributed by atoms with Crippen LogP contribution in [0.15, 0.2) is 0 Å². The van der Waals surface area contributed by atoms with Gasteiger partial charge in [-0.25, -0.2) is 4.79 Å². The predicted octanol–water partition coefficient (Wildman–Crippen LogP) is -4.36. The fraction of sp³-hybridized carbons (Fsp3) is 0.647. The van der Waals surface area contributed by atoms with Crippen LogP contribution in [-0.2, 0) is 28.8 Å². The van der Waals surface area contributed by atoms with Crippen LogP contribution in [0.1, 0.15) is 33.1 Å². The molecule has 4 unspecified atom stereocenters. The molecule has 0 radical (unpaired) electrons. The zero-order chi connectivity index (χ0) is 24.3. The van der Waals surface area contributed by atoms with E-state index in [-0.39, 0.29) is 12.8 Å². The van der Waals surface area contributed by atoms with Gasteiger partial charge in [0.2, 0.25) is 29.5 Å². The molecule has 0 aromatic carbocycles. The minimum atomic E-state index is -1.66. The summed E-state index contributed by atoms with van der Waals surface area (Å²) in [5, 5.41) is 24.5. The number of aliphatic hydroxyl groups excluding tert-OH is 1. The lowest BCUT2D eigenvalue weighted by Crippen LogP contribution is -2.59. The molecule has 0 saturated carbocycles. The van der Waals surface area contributed by atoms with E-state index >= 15 is 0 Å². The predicted molar refractivity (Wildman–Crippen MR) is 106 cm³/mol. The molecule has 176 valence electrons. The maximum atomic E-state index is 12.7. The number of primary amides is 2. The Bertz CT molecular complexity index is 698. The van der Waals surface area contributed by atoms with Gasteiger partial charge >= 0.3 is 5.97 Å². The number of aliphatic carboxylic acids is 1. The summed E-state index contributed by atoms with van der Waals surface area (Å²) in [6.07, 6.45) is -0.839. The number of carboxylic acid groups (broad SMARTS) is 1. The summed E-state index contributed by atoms with van der Waals surface area (Å²) >= 11 is 0. The number of carbonyl (C=O) groups excluding carboxylic acids is 5. The van der Waals surface area contributed by atoms with Gasteiger partial charge in [-0.3, -0.25) is 24.0 Å². The largest absolute Gasteiger partial charge is 0.480 e. The Morgan fingerprint density at radius 3 is 1.81 bits per heavy atom. The summed E-state index contributed by atoms with van der Waals surface area (Å²) in [4.78, 5) is 70.2. The van der Waals surface area contributed by atoms with Crippen LogP contribution < -0.4 is 33.2 Å². The van der Waals surface area contributed by atoms with E-state index in [0.717, 1.165) is 0 Å². The van der Waals surface area contributed by atoms with E-state index < -0.39 is 78.6 Å². The summed E-state index contributed by atoms with van der Waals surface area (Å²) in [6.45, 7) is 2.26. The maximum Gasteiger partial charge on any atom is 0.328 e. The molecule has 0 bridgehead atoms. The fourth-order valence-electron chi connectivity index (χ4n) is 2.35. The second-order valence-electron chi connectivity index (χ2n) is 7.16. The van der Waals surface area contributed by atoms with Crippen molar-refractivity contribution in [1.29, 1.82) is 0 Å². The summed E-state index contributed by atoms with van der Waals surface area (Å²) in [6, 6.07) is -5.51. The van der Waals surface area contributed by atoms with Crippen molar-refractivity contribution < 1.29 is 39.0 Å². The van der Waals surface area contributed by atoms with E-state index in [9.17, 15) is 28.8 Å². The highest BCUT2D eigenvalue weighted by molar-refractivity contribution is 5.96. The number of rotatable bonds is 14. The van der Waals surface area contributed by atoms with E-state index in [1.165, 1.54) is 0 Å². The minimum absolute atomic E-state index is 0.0436. The first-order chi connectivity index (χ1) is 14.3. The van der Waals surface area contributed by atoms with Gasteiger partial charge in [0.15, 0.2) is 0 Å². The Hall–Kier alpha value is -3.26. The molecule has 0 aliphatic rings. The Morgan fingerprint density at radius 1 is 0.839 bits per heavy atom.